The number of fused-ring (bicyclic) bond motifs is 4. The van der Waals surface area contributed by atoms with Crippen LogP contribution < -0.4 is 21.3 Å². The van der Waals surface area contributed by atoms with Gasteiger partial charge in [0.25, 0.3) is 23.6 Å². The second kappa shape index (κ2) is 34.5. The highest BCUT2D eigenvalue weighted by molar-refractivity contribution is 6.02. The highest BCUT2D eigenvalue weighted by atomic mass is 19.3. The molecule has 2 aliphatic rings. The number of carbonyl (C=O) groups is 4. The Labute approximate surface area is 686 Å². The molecule has 17 aromatic heterocycles. The summed E-state index contributed by atoms with van der Waals surface area (Å²) in [6.07, 6.45) is 21.1. The largest absolute Gasteiger partial charge is 0.377 e. The molecule has 2 aliphatic heterocycles. The Hall–Kier alpha value is -16.0. The first-order valence-electron chi connectivity index (χ1n) is 37.1. The lowest BCUT2D eigenvalue weighted by molar-refractivity contribution is -0.00354. The summed E-state index contributed by atoms with van der Waals surface area (Å²) in [5.41, 5.74) is 11.8. The molecule has 9 N–H and O–H groups in total. The maximum absolute atomic E-state index is 12.8. The van der Waals surface area contributed by atoms with Crippen molar-refractivity contribution in [2.75, 3.05) is 38.7 Å². The molecule has 0 aromatic carbocycles. The summed E-state index contributed by atoms with van der Waals surface area (Å²) in [7, 11) is 2.00. The van der Waals surface area contributed by atoms with Crippen molar-refractivity contribution in [2.45, 2.75) is 57.7 Å². The maximum Gasteiger partial charge on any atom is 0.333 e. The van der Waals surface area contributed by atoms with Crippen LogP contribution in [-0.4, -0.2) is 199 Å². The maximum atomic E-state index is 12.8. The van der Waals surface area contributed by atoms with E-state index < -0.39 is 43.6 Å². The van der Waals surface area contributed by atoms with Gasteiger partial charge in [-0.05, 0) is 106 Å². The van der Waals surface area contributed by atoms with Crippen molar-refractivity contribution in [1.29, 1.82) is 5.26 Å². The van der Waals surface area contributed by atoms with Gasteiger partial charge < -0.3 is 45.5 Å². The molecule has 19 rings (SSSR count). The van der Waals surface area contributed by atoms with Crippen LogP contribution in [0.4, 0.5) is 41.1 Å². The molecule has 0 spiro atoms. The van der Waals surface area contributed by atoms with E-state index in [1.807, 2.05) is 49.5 Å². The number of H-pyrrole nitrogens is 5. The number of nitrogens with zero attached hydrogens (tertiary/aromatic N) is 21. The smallest absolute Gasteiger partial charge is 0.333 e. The minimum absolute atomic E-state index is 0.0219. The summed E-state index contributed by atoms with van der Waals surface area (Å²) in [4.78, 5) is 107. The predicted molar refractivity (Wildman–Crippen MR) is 427 cm³/mol. The number of anilines is 1. The van der Waals surface area contributed by atoms with Crippen LogP contribution in [0.2, 0.25) is 0 Å². The third-order valence-corrected chi connectivity index (χ3v) is 19.1. The SMILES string of the molecule is CC(C)(C#N)NC(=O)c1cncc(-c2cnc3[nH]c(-c4cnn(C(F)F)c4)cc3c2)n1.CN1CC(NC(=O)c2cccc(-c3cnc4[nH]c(-c5cnn(C(F)F)c5)cc4c3)n2)C1.O=C(NC1COC1)c1cccc(-c2cnc3[nH]c(-c4cnn(C(F)F)c4)cc3c2)n1.O=C(Nc1ncn[nH]1)c1cccc(-c2cnc3[nH]c(-c4cnn(C(F)F)c4)cc3c2)n1. The zero-order valence-electron chi connectivity index (χ0n) is 64.2. The number of halogens is 8. The number of aromatic amines is 5. The van der Waals surface area contributed by atoms with Crippen molar-refractivity contribution in [3.63, 3.8) is 0 Å². The third-order valence-electron chi connectivity index (χ3n) is 19.1. The number of likely N-dealkylation sites (tertiary alicyclic amines) is 1. The molecule has 2 saturated heterocycles. The van der Waals surface area contributed by atoms with E-state index in [-0.39, 0.29) is 41.2 Å². The number of carbonyl (C=O) groups excluding carboxylic acids is 4. The second-order valence-electron chi connectivity index (χ2n) is 28.4. The lowest BCUT2D eigenvalue weighted by Crippen LogP contribution is -2.57. The Balaban J connectivity index is 0.000000121. The van der Waals surface area contributed by atoms with Gasteiger partial charge in [-0.2, -0.15) is 70.9 Å². The Bertz CT molecular complexity index is 6790. The average Bonchev–Trinajstić information content (AvgIpc) is 1.54. The van der Waals surface area contributed by atoms with Crippen LogP contribution in [0.3, 0.4) is 0 Å². The number of likely N-dealkylation sites (N-methyl/N-ethyl adjacent to an activating group) is 1. The summed E-state index contributed by atoms with van der Waals surface area (Å²) in [6.45, 7) is -4.97. The van der Waals surface area contributed by atoms with Crippen molar-refractivity contribution < 1.29 is 59.0 Å². The number of aromatic nitrogens is 24. The van der Waals surface area contributed by atoms with Gasteiger partial charge >= 0.3 is 26.2 Å². The van der Waals surface area contributed by atoms with Crippen molar-refractivity contribution >= 4 is 73.7 Å². The van der Waals surface area contributed by atoms with Gasteiger partial charge in [0.05, 0.1) is 114 Å². The molecule has 2 fully saturated rings. The average molecular weight is 1680 g/mol. The van der Waals surface area contributed by atoms with Crippen LogP contribution in [0, 0.1) is 11.3 Å². The highest BCUT2D eigenvalue weighted by Gasteiger charge is 2.28. The van der Waals surface area contributed by atoms with Crippen LogP contribution in [0.1, 0.15) is 82.0 Å². The van der Waals surface area contributed by atoms with Crippen LogP contribution in [-0.2, 0) is 4.74 Å². The quantitative estimate of drug-likeness (QED) is 0.0320. The van der Waals surface area contributed by atoms with Gasteiger partial charge in [-0.15, -0.1) is 0 Å². The molecular weight excluding hydrogens is 1610 g/mol. The van der Waals surface area contributed by atoms with Gasteiger partial charge in [-0.3, -0.25) is 29.5 Å². The van der Waals surface area contributed by atoms with E-state index >= 15 is 0 Å². The number of hydrogen-bond acceptors (Lipinski definition) is 22. The van der Waals surface area contributed by atoms with Crippen molar-refractivity contribution in [1.82, 2.24) is 140 Å². The van der Waals surface area contributed by atoms with Gasteiger partial charge in [0, 0.05) is 129 Å². The van der Waals surface area contributed by atoms with E-state index in [9.17, 15) is 54.3 Å². The minimum atomic E-state index is -2.72. The molecule has 19 heterocycles. The number of amides is 4. The first kappa shape index (κ1) is 80.8. The molecule has 17 aromatic rings. The summed E-state index contributed by atoms with van der Waals surface area (Å²) >= 11 is 0. The van der Waals surface area contributed by atoms with E-state index in [0.717, 1.165) is 45.8 Å². The first-order chi connectivity index (χ1) is 59.3. The third kappa shape index (κ3) is 18.5. The normalized spacial score (nSPS) is 13.0. The molecular formula is C80H64F8N30O5. The van der Waals surface area contributed by atoms with Crippen LogP contribution in [0.25, 0.3) is 134 Å². The molecule has 4 amide bonds. The summed E-state index contributed by atoms with van der Waals surface area (Å²) in [5.74, 6) is -1.19. The van der Waals surface area contributed by atoms with E-state index in [0.29, 0.717) is 145 Å². The lowest BCUT2D eigenvalue weighted by atomic mass is 10.1. The van der Waals surface area contributed by atoms with Gasteiger partial charge in [0.2, 0.25) is 5.95 Å². The summed E-state index contributed by atoms with van der Waals surface area (Å²) in [5, 5.41) is 44.0. The molecule has 123 heavy (non-hydrogen) atoms. The Morgan fingerprint density at radius 2 is 0.813 bits per heavy atom. The van der Waals surface area contributed by atoms with E-state index in [2.05, 4.69) is 127 Å². The fourth-order valence-corrected chi connectivity index (χ4v) is 12.8. The number of nitrogens with one attached hydrogen (secondary N) is 9. The number of hydrogen-bond donors (Lipinski definition) is 9. The van der Waals surface area contributed by atoms with E-state index in [4.69, 9.17) is 10.00 Å². The Morgan fingerprint density at radius 1 is 0.447 bits per heavy atom. The highest BCUT2D eigenvalue weighted by Crippen LogP contribution is 2.33. The molecule has 43 heteroatoms. The first-order valence-corrected chi connectivity index (χ1v) is 37.1. The van der Waals surface area contributed by atoms with Crippen LogP contribution >= 0.6 is 0 Å². The Kier molecular flexibility index (Phi) is 22.7. The van der Waals surface area contributed by atoms with E-state index in [1.165, 1.54) is 68.3 Å². The summed E-state index contributed by atoms with van der Waals surface area (Å²) < 4.78 is 110. The monoisotopic (exact) mass is 1680 g/mol. The van der Waals surface area contributed by atoms with Crippen molar-refractivity contribution in [3.05, 3.63) is 219 Å². The van der Waals surface area contributed by atoms with Gasteiger partial charge in [0.1, 0.15) is 57.2 Å². The number of alkyl halides is 8. The Morgan fingerprint density at radius 3 is 1.15 bits per heavy atom. The van der Waals surface area contributed by atoms with Gasteiger partial charge in [-0.25, -0.2) is 63.7 Å². The number of pyridine rings is 7. The van der Waals surface area contributed by atoms with Crippen LogP contribution in [0.15, 0.2) is 196 Å². The molecule has 0 saturated carbocycles. The number of rotatable bonds is 20. The molecule has 0 radical (unpaired) electrons. The molecule has 620 valence electrons. The number of ether oxygens (including phenoxy) is 1. The summed E-state index contributed by atoms with van der Waals surface area (Å²) in [6, 6.07) is 32.3. The standard InChI is InChI=1S/C21H19F2N7O.C20H16F2N8O.C20H16F2N6O2.C19H13F2N9O/c1-29-10-15(11-29)26-20(31)17-4-2-3-16(27-17)13-5-12-6-18(28-19(12)24-7-13)14-8-25-30(9-14)21(22)23;1-20(2,10-23)29-18(31)16-8-24-7-15(27-16)12-3-11-4-14(28-17(11)25-5-12)13-6-26-30(9-13)19(21)22;21-20(22)28-8-13(7-24-28)17-5-11-4-12(6-23-18(11)27-17)15-2-1-3-16(26-15)19(29)25-14-9-30-10-14;20-18(21)30-8-12(7-25-30)15-5-10-4-11(6-22-16(10)27-15)13-2-1-3-14(26-13)17(31)28-19-23-9-24-29-19/h2-9,15,21H,10-11H2,1H3,(H,24,28)(H,26,31);3-9,19H,1-2H3,(H,25,28)(H,29,31);1-8,14,20H,9-10H2,(H,23,27)(H,25,29);1-9,18H,(H,22,27)(H2,23,24,28,29,31). The lowest BCUT2D eigenvalue weighted by Gasteiger charge is -2.36. The van der Waals surface area contributed by atoms with Crippen LogP contribution in [0.5, 0.6) is 0 Å². The molecule has 0 bridgehead atoms. The predicted octanol–water partition coefficient (Wildman–Crippen LogP) is 12.5. The number of nitriles is 1. The van der Waals surface area contributed by atoms with Crippen molar-refractivity contribution in [3.8, 4) is 96.1 Å². The van der Waals surface area contributed by atoms with Crippen molar-refractivity contribution in [2.24, 2.45) is 0 Å². The van der Waals surface area contributed by atoms with Gasteiger partial charge in [0.15, 0.2) is 0 Å². The fraction of sp³-hybridized carbons (Fsp3) is 0.175. The molecule has 0 aliphatic carbocycles. The molecule has 0 unspecified atom stereocenters. The molecule has 0 atom stereocenters. The van der Waals surface area contributed by atoms with Gasteiger partial charge in [-0.1, -0.05) is 18.2 Å². The zero-order chi connectivity index (χ0) is 85.7. The second-order valence-corrected chi connectivity index (χ2v) is 28.4. The van der Waals surface area contributed by atoms with E-state index in [1.54, 1.807) is 105 Å². The topological polar surface area (TPSA) is 445 Å². The fourth-order valence-electron chi connectivity index (χ4n) is 12.8. The minimum Gasteiger partial charge on any atom is -0.377 e. The zero-order valence-corrected chi connectivity index (χ0v) is 64.2. The molecule has 35 nitrogen and oxygen atoms in total.